The largest absolute Gasteiger partial charge is 0.444 e. The molecule has 3 aromatic rings. The van der Waals surface area contributed by atoms with Crippen molar-refractivity contribution in [2.45, 2.75) is 70.8 Å². The molecule has 0 spiro atoms. The highest BCUT2D eigenvalue weighted by Gasteiger charge is 2.34. The number of rotatable bonds is 8. The maximum Gasteiger partial charge on any atom is 0.416 e. The van der Waals surface area contributed by atoms with Gasteiger partial charge in [0, 0.05) is 31.6 Å². The van der Waals surface area contributed by atoms with E-state index >= 15 is 0 Å². The molecular formula is C34H39F3N4O6. The topological polar surface area (TPSA) is 123 Å². The number of nitrogens with one attached hydrogen (secondary N) is 2. The van der Waals surface area contributed by atoms with Crippen molar-refractivity contribution in [3.05, 3.63) is 76.7 Å². The van der Waals surface area contributed by atoms with E-state index in [1.807, 2.05) is 4.90 Å². The van der Waals surface area contributed by atoms with Crippen LogP contribution in [0.4, 0.5) is 18.0 Å². The Balaban J connectivity index is 1.21. The zero-order valence-electron chi connectivity index (χ0n) is 26.8. The third-order valence-electron chi connectivity index (χ3n) is 8.29. The van der Waals surface area contributed by atoms with Crippen LogP contribution in [0, 0.1) is 5.92 Å². The summed E-state index contributed by atoms with van der Waals surface area (Å²) in [5.74, 6) is -0.223. The molecule has 0 unspecified atom stereocenters. The predicted molar refractivity (Wildman–Crippen MR) is 165 cm³/mol. The first-order chi connectivity index (χ1) is 22.2. The van der Waals surface area contributed by atoms with Crippen LogP contribution in [0.2, 0.25) is 0 Å². The van der Waals surface area contributed by atoms with E-state index in [1.165, 1.54) is 6.07 Å². The van der Waals surface area contributed by atoms with Gasteiger partial charge in [0.15, 0.2) is 0 Å². The van der Waals surface area contributed by atoms with Crippen LogP contribution in [0.3, 0.4) is 0 Å². The van der Waals surface area contributed by atoms with Crippen molar-refractivity contribution >= 4 is 17.9 Å². The molecule has 5 rings (SSSR count). The minimum atomic E-state index is -4.55. The van der Waals surface area contributed by atoms with Gasteiger partial charge in [-0.25, -0.2) is 4.79 Å². The monoisotopic (exact) mass is 656 g/mol. The second kappa shape index (κ2) is 13.8. The standard InChI is InChI=1S/C34H39F3N4O6/c1-20(39-30(42)29-16-28(40-47-29)23-11-13-41(14-12-23)31(43)25-18-45-19-25)21-5-7-22(8-6-21)27-15-26(34(35,36)37)10-9-24(27)17-38-32(44)46-33(2,3)4/h5-10,15-16,20,23,25H,11-14,17-19H2,1-4H3,(H,38,44)(H,39,42)/t20-/m1/s1. The molecule has 2 aliphatic heterocycles. The van der Waals surface area contributed by atoms with Crippen LogP contribution in [-0.4, -0.2) is 59.9 Å². The van der Waals surface area contributed by atoms with Gasteiger partial charge in [-0.15, -0.1) is 0 Å². The lowest BCUT2D eigenvalue weighted by molar-refractivity contribution is -0.151. The zero-order valence-corrected chi connectivity index (χ0v) is 26.8. The van der Waals surface area contributed by atoms with E-state index in [4.69, 9.17) is 14.0 Å². The molecular weight excluding hydrogens is 617 g/mol. The summed E-state index contributed by atoms with van der Waals surface area (Å²) in [7, 11) is 0. The van der Waals surface area contributed by atoms with Gasteiger partial charge in [-0.05, 0) is 74.9 Å². The van der Waals surface area contributed by atoms with Crippen molar-refractivity contribution in [1.29, 1.82) is 0 Å². The summed E-state index contributed by atoms with van der Waals surface area (Å²) >= 11 is 0. The number of hydrogen-bond acceptors (Lipinski definition) is 7. The Morgan fingerprint density at radius 3 is 2.30 bits per heavy atom. The van der Waals surface area contributed by atoms with Crippen molar-refractivity contribution in [3.8, 4) is 11.1 Å². The summed E-state index contributed by atoms with van der Waals surface area (Å²) in [6, 6.07) is 11.3. The second-order valence-electron chi connectivity index (χ2n) is 13.0. The van der Waals surface area contributed by atoms with Crippen molar-refractivity contribution in [2.24, 2.45) is 5.92 Å². The van der Waals surface area contributed by atoms with Crippen LogP contribution in [0.5, 0.6) is 0 Å². The average molecular weight is 657 g/mol. The molecule has 3 heterocycles. The van der Waals surface area contributed by atoms with Crippen molar-refractivity contribution in [3.63, 3.8) is 0 Å². The van der Waals surface area contributed by atoms with E-state index in [1.54, 1.807) is 58.0 Å². The van der Waals surface area contributed by atoms with E-state index < -0.39 is 35.4 Å². The van der Waals surface area contributed by atoms with E-state index in [2.05, 4.69) is 15.8 Å². The number of aromatic nitrogens is 1. The van der Waals surface area contributed by atoms with Crippen LogP contribution < -0.4 is 10.6 Å². The van der Waals surface area contributed by atoms with Gasteiger partial charge in [0.25, 0.3) is 5.91 Å². The first-order valence-corrected chi connectivity index (χ1v) is 15.6. The number of likely N-dealkylation sites (tertiary alicyclic amines) is 1. The number of amides is 3. The molecule has 0 saturated carbocycles. The Hall–Kier alpha value is -4.39. The summed E-state index contributed by atoms with van der Waals surface area (Å²) in [5.41, 5.74) is 1.14. The number of carbonyl (C=O) groups excluding carboxylic acids is 3. The third kappa shape index (κ3) is 8.51. The maximum absolute atomic E-state index is 13.6. The average Bonchev–Trinajstić information content (AvgIpc) is 3.49. The quantitative estimate of drug-likeness (QED) is 0.295. The summed E-state index contributed by atoms with van der Waals surface area (Å²) < 4.78 is 56.5. The zero-order chi connectivity index (χ0) is 33.9. The molecule has 0 bridgehead atoms. The Morgan fingerprint density at radius 2 is 1.70 bits per heavy atom. The van der Waals surface area contributed by atoms with E-state index in [9.17, 15) is 27.6 Å². The van der Waals surface area contributed by atoms with Crippen LogP contribution in [0.1, 0.15) is 85.4 Å². The first-order valence-electron chi connectivity index (χ1n) is 15.6. The number of hydrogen-bond donors (Lipinski definition) is 2. The van der Waals surface area contributed by atoms with Crippen LogP contribution >= 0.6 is 0 Å². The highest BCUT2D eigenvalue weighted by Crippen LogP contribution is 2.35. The Morgan fingerprint density at radius 1 is 1.02 bits per heavy atom. The van der Waals surface area contributed by atoms with Gasteiger partial charge in [-0.3, -0.25) is 9.59 Å². The fourth-order valence-corrected chi connectivity index (χ4v) is 5.58. The Labute approximate surface area is 271 Å². The van der Waals surface area contributed by atoms with Gasteiger partial charge in [0.1, 0.15) is 5.60 Å². The van der Waals surface area contributed by atoms with Gasteiger partial charge in [0.2, 0.25) is 11.7 Å². The molecule has 1 aromatic heterocycles. The number of nitrogens with zero attached hydrogens (tertiary/aromatic N) is 2. The van der Waals surface area contributed by atoms with Crippen LogP contribution in [0.25, 0.3) is 11.1 Å². The highest BCUT2D eigenvalue weighted by molar-refractivity contribution is 5.91. The normalized spacial score (nSPS) is 16.7. The summed E-state index contributed by atoms with van der Waals surface area (Å²) in [4.78, 5) is 39.5. The number of piperidine rings is 1. The molecule has 252 valence electrons. The molecule has 13 heteroatoms. The minimum Gasteiger partial charge on any atom is -0.444 e. The fraction of sp³-hybridized carbons (Fsp3) is 0.471. The molecule has 2 fully saturated rings. The molecule has 3 amide bonds. The van der Waals surface area contributed by atoms with Crippen LogP contribution in [0.15, 0.2) is 53.1 Å². The fourth-order valence-electron chi connectivity index (χ4n) is 5.58. The van der Waals surface area contributed by atoms with E-state index in [0.29, 0.717) is 48.7 Å². The van der Waals surface area contributed by atoms with Crippen LogP contribution in [-0.2, 0) is 27.0 Å². The Bertz CT molecular complexity index is 1590. The molecule has 1 atom stereocenters. The van der Waals surface area contributed by atoms with Gasteiger partial charge in [-0.1, -0.05) is 35.5 Å². The van der Waals surface area contributed by atoms with Crippen molar-refractivity contribution < 1.29 is 41.6 Å². The lowest BCUT2D eigenvalue weighted by Gasteiger charge is -2.36. The van der Waals surface area contributed by atoms with Gasteiger partial charge >= 0.3 is 12.3 Å². The predicted octanol–water partition coefficient (Wildman–Crippen LogP) is 6.23. The maximum atomic E-state index is 13.6. The van der Waals surface area contributed by atoms with E-state index in [-0.39, 0.29) is 30.0 Å². The summed E-state index contributed by atoms with van der Waals surface area (Å²) in [6.45, 7) is 9.08. The smallest absolute Gasteiger partial charge is 0.416 e. The number of benzene rings is 2. The van der Waals surface area contributed by atoms with Crippen molar-refractivity contribution in [1.82, 2.24) is 20.7 Å². The Kier molecular flexibility index (Phi) is 9.94. The van der Waals surface area contributed by atoms with Gasteiger partial charge < -0.3 is 29.5 Å². The molecule has 0 aliphatic carbocycles. The molecule has 47 heavy (non-hydrogen) atoms. The molecule has 10 nitrogen and oxygen atoms in total. The molecule has 2 aromatic carbocycles. The first kappa shape index (κ1) is 34.0. The number of alkyl halides is 3. The number of halogens is 3. The van der Waals surface area contributed by atoms with E-state index in [0.717, 1.165) is 30.5 Å². The number of carbonyl (C=O) groups is 3. The second-order valence-corrected chi connectivity index (χ2v) is 13.0. The molecule has 2 N–H and O–H groups in total. The minimum absolute atomic E-state index is 0.0388. The number of ether oxygens (including phenoxy) is 2. The lowest BCUT2D eigenvalue weighted by atomic mass is 9.92. The molecule has 0 radical (unpaired) electrons. The highest BCUT2D eigenvalue weighted by atomic mass is 19.4. The van der Waals surface area contributed by atoms with Gasteiger partial charge in [-0.2, -0.15) is 13.2 Å². The van der Waals surface area contributed by atoms with Crippen molar-refractivity contribution in [2.75, 3.05) is 26.3 Å². The van der Waals surface area contributed by atoms with Gasteiger partial charge in [0.05, 0.1) is 36.4 Å². The number of alkyl carbamates (subject to hydrolysis) is 1. The molecule has 2 aliphatic rings. The molecule has 2 saturated heterocycles. The summed E-state index contributed by atoms with van der Waals surface area (Å²) in [5, 5.41) is 9.60. The summed E-state index contributed by atoms with van der Waals surface area (Å²) in [6.07, 6.45) is -3.78. The SMILES string of the molecule is C[C@@H](NC(=O)c1cc(C2CCN(C(=O)C3COC3)CC2)no1)c1ccc(-c2cc(C(F)(F)F)ccc2CNC(=O)OC(C)(C)C)cc1. The third-order valence-corrected chi connectivity index (χ3v) is 8.29. The lowest BCUT2D eigenvalue weighted by Crippen LogP contribution is -2.47.